The molecule has 8 heteroatoms. The van der Waals surface area contributed by atoms with Gasteiger partial charge in [0.2, 0.25) is 5.91 Å². The molecule has 0 aliphatic carbocycles. The molecule has 0 unspecified atom stereocenters. The predicted octanol–water partition coefficient (Wildman–Crippen LogP) is 3.00. The Morgan fingerprint density at radius 3 is 2.41 bits per heavy atom. The Kier molecular flexibility index (Phi) is 6.61. The van der Waals surface area contributed by atoms with Gasteiger partial charge in [0.1, 0.15) is 11.5 Å². The first-order valence-corrected chi connectivity index (χ1v) is 10.7. The number of hydrogen-bond donors (Lipinski definition) is 2. The monoisotopic (exact) mass is 435 g/mol. The molecule has 0 saturated carbocycles. The second kappa shape index (κ2) is 9.74. The van der Waals surface area contributed by atoms with Gasteiger partial charge in [-0.05, 0) is 74.3 Å². The molecule has 0 radical (unpaired) electrons. The van der Waals surface area contributed by atoms with Crippen LogP contribution in [0.4, 0.5) is 10.1 Å². The van der Waals surface area contributed by atoms with Gasteiger partial charge in [0.15, 0.2) is 0 Å². The Morgan fingerprint density at radius 1 is 1.06 bits per heavy atom. The van der Waals surface area contributed by atoms with Gasteiger partial charge in [0, 0.05) is 23.8 Å². The Bertz CT molecular complexity index is 1070. The lowest BCUT2D eigenvalue weighted by Crippen LogP contribution is -2.39. The van der Waals surface area contributed by atoms with Crippen LogP contribution in [0.1, 0.15) is 28.9 Å². The molecule has 1 fully saturated rings. The quantitative estimate of drug-likeness (QED) is 0.597. The number of benzene rings is 2. The minimum Gasteiger partial charge on any atom is -0.369 e. The van der Waals surface area contributed by atoms with Crippen LogP contribution in [0, 0.1) is 11.7 Å². The van der Waals surface area contributed by atoms with Crippen molar-refractivity contribution in [3.63, 3.8) is 0 Å². The number of nitrogens with two attached hydrogens (primary N) is 1. The summed E-state index contributed by atoms with van der Waals surface area (Å²) < 4.78 is 14.8. The van der Waals surface area contributed by atoms with E-state index in [1.807, 2.05) is 24.3 Å². The van der Waals surface area contributed by atoms with Crippen LogP contribution in [0.25, 0.3) is 5.69 Å². The summed E-state index contributed by atoms with van der Waals surface area (Å²) in [5.74, 6) is -0.816. The van der Waals surface area contributed by atoms with Gasteiger partial charge in [0.25, 0.3) is 5.91 Å². The molecule has 4 rings (SSSR count). The predicted molar refractivity (Wildman–Crippen MR) is 120 cm³/mol. The maximum Gasteiger partial charge on any atom is 0.274 e. The highest BCUT2D eigenvalue weighted by Crippen LogP contribution is 2.18. The summed E-state index contributed by atoms with van der Waals surface area (Å²) in [6.07, 6.45) is 5.56. The highest BCUT2D eigenvalue weighted by molar-refractivity contribution is 6.03. The second-order valence-electron chi connectivity index (χ2n) is 8.04. The highest BCUT2D eigenvalue weighted by atomic mass is 19.1. The van der Waals surface area contributed by atoms with E-state index in [0.717, 1.165) is 38.9 Å². The normalized spacial score (nSPS) is 14.9. The third kappa shape index (κ3) is 5.20. The lowest BCUT2D eigenvalue weighted by atomic mass is 9.96. The third-order valence-electron chi connectivity index (χ3n) is 5.89. The van der Waals surface area contributed by atoms with Crippen LogP contribution in [0.15, 0.2) is 61.1 Å². The number of halogens is 1. The third-order valence-corrected chi connectivity index (χ3v) is 5.89. The Morgan fingerprint density at radius 2 is 1.75 bits per heavy atom. The molecule has 2 heterocycles. The number of nitrogens with one attached hydrogen (secondary N) is 1. The smallest absolute Gasteiger partial charge is 0.274 e. The number of piperidine rings is 1. The number of anilines is 1. The van der Waals surface area contributed by atoms with E-state index >= 15 is 0 Å². The molecule has 0 atom stereocenters. The molecular weight excluding hydrogens is 409 g/mol. The van der Waals surface area contributed by atoms with Crippen LogP contribution in [-0.2, 0) is 11.2 Å². The standard InChI is InChI=1S/C24H26FN5O2/c25-19-3-7-21(8-4-19)30-16-27-15-22(30)24(32)28-20-5-1-17(2-6-20)9-12-29-13-10-18(11-14-29)23(26)31/h1-8,15-16,18H,9-14H2,(H2,26,31)(H,28,32). The average molecular weight is 436 g/mol. The number of rotatable bonds is 7. The molecule has 2 amide bonds. The zero-order valence-corrected chi connectivity index (χ0v) is 17.7. The Hall–Kier alpha value is -3.52. The van der Waals surface area contributed by atoms with Crippen molar-refractivity contribution >= 4 is 17.5 Å². The van der Waals surface area contributed by atoms with Crippen molar-refractivity contribution in [2.24, 2.45) is 11.7 Å². The average Bonchev–Trinajstić information content (AvgIpc) is 3.29. The molecule has 32 heavy (non-hydrogen) atoms. The number of aromatic nitrogens is 2. The van der Waals surface area contributed by atoms with Crippen LogP contribution < -0.4 is 11.1 Å². The van der Waals surface area contributed by atoms with E-state index in [9.17, 15) is 14.0 Å². The second-order valence-corrected chi connectivity index (χ2v) is 8.04. The minimum absolute atomic E-state index is 0.00788. The maximum absolute atomic E-state index is 13.2. The fourth-order valence-corrected chi connectivity index (χ4v) is 3.95. The van der Waals surface area contributed by atoms with E-state index in [0.29, 0.717) is 17.1 Å². The number of hydrogen-bond acceptors (Lipinski definition) is 4. The van der Waals surface area contributed by atoms with Crippen LogP contribution in [0.2, 0.25) is 0 Å². The highest BCUT2D eigenvalue weighted by Gasteiger charge is 2.22. The summed E-state index contributed by atoms with van der Waals surface area (Å²) in [4.78, 5) is 30.4. The number of nitrogens with zero attached hydrogens (tertiary/aromatic N) is 3. The minimum atomic E-state index is -0.338. The van der Waals surface area contributed by atoms with Gasteiger partial charge in [-0.3, -0.25) is 14.2 Å². The summed E-state index contributed by atoms with van der Waals surface area (Å²) >= 11 is 0. The molecule has 1 saturated heterocycles. The number of primary amides is 1. The van der Waals surface area contributed by atoms with Gasteiger partial charge in [-0.15, -0.1) is 0 Å². The summed E-state index contributed by atoms with van der Waals surface area (Å²) in [6.45, 7) is 2.71. The molecule has 1 aliphatic rings. The Labute approximate surface area is 186 Å². The topological polar surface area (TPSA) is 93.2 Å². The van der Waals surface area contributed by atoms with Gasteiger partial charge in [0.05, 0.1) is 12.5 Å². The van der Waals surface area contributed by atoms with E-state index in [4.69, 9.17) is 5.73 Å². The lowest BCUT2D eigenvalue weighted by Gasteiger charge is -2.30. The number of carbonyl (C=O) groups is 2. The fraction of sp³-hybridized carbons (Fsp3) is 0.292. The molecule has 0 bridgehead atoms. The Balaban J connectivity index is 1.32. The van der Waals surface area contributed by atoms with Crippen molar-refractivity contribution in [1.82, 2.24) is 14.5 Å². The number of carbonyl (C=O) groups excluding carboxylic acids is 2. The first kappa shape index (κ1) is 21.7. The SMILES string of the molecule is NC(=O)C1CCN(CCc2ccc(NC(=O)c3cncn3-c3ccc(F)cc3)cc2)CC1. The molecule has 1 aromatic heterocycles. The first-order chi connectivity index (χ1) is 15.5. The van der Waals surface area contributed by atoms with Gasteiger partial charge < -0.3 is 16.0 Å². The van der Waals surface area contributed by atoms with Crippen molar-refractivity contribution in [3.05, 3.63) is 78.1 Å². The number of likely N-dealkylation sites (tertiary alicyclic amines) is 1. The molecule has 3 N–H and O–H groups in total. The van der Waals surface area contributed by atoms with Crippen LogP contribution in [0.3, 0.4) is 0 Å². The van der Waals surface area contributed by atoms with Crippen molar-refractivity contribution in [2.45, 2.75) is 19.3 Å². The van der Waals surface area contributed by atoms with Crippen molar-refractivity contribution < 1.29 is 14.0 Å². The fourth-order valence-electron chi connectivity index (χ4n) is 3.95. The largest absolute Gasteiger partial charge is 0.369 e. The lowest BCUT2D eigenvalue weighted by molar-refractivity contribution is -0.123. The molecule has 166 valence electrons. The van der Waals surface area contributed by atoms with Crippen LogP contribution in [-0.4, -0.2) is 45.9 Å². The van der Waals surface area contributed by atoms with E-state index in [1.54, 1.807) is 16.7 Å². The molecule has 2 aromatic carbocycles. The number of amides is 2. The van der Waals surface area contributed by atoms with Crippen LogP contribution >= 0.6 is 0 Å². The molecule has 7 nitrogen and oxygen atoms in total. The summed E-state index contributed by atoms with van der Waals surface area (Å²) in [5, 5.41) is 2.89. The molecule has 3 aromatic rings. The van der Waals surface area contributed by atoms with Crippen molar-refractivity contribution in [2.75, 3.05) is 25.0 Å². The molecular formula is C24H26FN5O2. The molecule has 0 spiro atoms. The van der Waals surface area contributed by atoms with Crippen molar-refractivity contribution in [3.8, 4) is 5.69 Å². The van der Waals surface area contributed by atoms with E-state index < -0.39 is 0 Å². The van der Waals surface area contributed by atoms with E-state index in [2.05, 4.69) is 15.2 Å². The maximum atomic E-state index is 13.2. The summed E-state index contributed by atoms with van der Waals surface area (Å²) in [5.41, 5.74) is 8.28. The zero-order chi connectivity index (χ0) is 22.5. The van der Waals surface area contributed by atoms with Crippen molar-refractivity contribution in [1.29, 1.82) is 0 Å². The van der Waals surface area contributed by atoms with E-state index in [1.165, 1.54) is 30.2 Å². The van der Waals surface area contributed by atoms with Gasteiger partial charge >= 0.3 is 0 Å². The number of imidazole rings is 1. The van der Waals surface area contributed by atoms with E-state index in [-0.39, 0.29) is 23.5 Å². The van der Waals surface area contributed by atoms with Crippen LogP contribution in [0.5, 0.6) is 0 Å². The molecule has 1 aliphatic heterocycles. The van der Waals surface area contributed by atoms with Gasteiger partial charge in [-0.2, -0.15) is 0 Å². The summed E-state index contributed by atoms with van der Waals surface area (Å²) in [7, 11) is 0. The summed E-state index contributed by atoms with van der Waals surface area (Å²) in [6, 6.07) is 13.6. The van der Waals surface area contributed by atoms with Gasteiger partial charge in [-0.1, -0.05) is 12.1 Å². The first-order valence-electron chi connectivity index (χ1n) is 10.7. The zero-order valence-electron chi connectivity index (χ0n) is 17.7. The van der Waals surface area contributed by atoms with Gasteiger partial charge in [-0.25, -0.2) is 9.37 Å².